The normalized spacial score (nSPS) is 11.3. The molecule has 19 nitrogen and oxygen atoms in total. The highest BCUT2D eigenvalue weighted by Gasteiger charge is 2.39. The molecular weight excluding hydrogens is 927 g/mol. The Labute approximate surface area is 398 Å². The van der Waals surface area contributed by atoms with E-state index in [1.165, 1.54) is 18.2 Å². The summed E-state index contributed by atoms with van der Waals surface area (Å²) in [4.78, 5) is 0.474. The lowest BCUT2D eigenvalue weighted by Crippen LogP contribution is -2.12. The number of fused-ring (bicyclic) bond motifs is 1. The van der Waals surface area contributed by atoms with Gasteiger partial charge in [0, 0.05) is 5.69 Å². The van der Waals surface area contributed by atoms with Gasteiger partial charge in [0.15, 0.2) is 69.0 Å². The monoisotopic (exact) mass is 963 g/mol. The zero-order valence-corrected chi connectivity index (χ0v) is 36.0. The van der Waals surface area contributed by atoms with Crippen LogP contribution < -0.4 is 4.90 Å². The van der Waals surface area contributed by atoms with Crippen molar-refractivity contribution in [2.75, 3.05) is 4.90 Å². The summed E-state index contributed by atoms with van der Waals surface area (Å²) in [5, 5.41) is 198. The molecule has 0 heterocycles. The Morgan fingerprint density at radius 2 is 0.493 bits per heavy atom. The number of anilines is 3. The summed E-state index contributed by atoms with van der Waals surface area (Å²) in [5.74, 6) is -27.3. The maximum absolute atomic E-state index is 11.8. The van der Waals surface area contributed by atoms with Crippen molar-refractivity contribution in [1.82, 2.24) is 0 Å². The molecule has 0 aliphatic rings. The number of aromatic hydroxyl groups is 18. The summed E-state index contributed by atoms with van der Waals surface area (Å²) >= 11 is 0. The minimum atomic E-state index is -1.57. The zero-order chi connectivity index (χ0) is 51.1. The number of phenolic OH excluding ortho intramolecular Hbond substituents is 18. The van der Waals surface area contributed by atoms with Gasteiger partial charge in [0.2, 0.25) is 34.5 Å². The molecule has 9 aromatic rings. The summed E-state index contributed by atoms with van der Waals surface area (Å²) < 4.78 is 0. The molecule has 71 heavy (non-hydrogen) atoms. The van der Waals surface area contributed by atoms with Gasteiger partial charge in [-0.15, -0.1) is 0 Å². The van der Waals surface area contributed by atoms with Crippen LogP contribution in [-0.4, -0.2) is 91.9 Å². The molecule has 0 bridgehead atoms. The van der Waals surface area contributed by atoms with E-state index in [2.05, 4.69) is 6.07 Å². The molecule has 0 atom stereocenters. The zero-order valence-electron chi connectivity index (χ0n) is 36.0. The highest BCUT2D eigenvalue weighted by atomic mass is 16.4. The molecule has 0 saturated heterocycles. The van der Waals surface area contributed by atoms with E-state index < -0.39 is 137 Å². The van der Waals surface area contributed by atoms with Crippen molar-refractivity contribution in [3.05, 3.63) is 115 Å². The van der Waals surface area contributed by atoms with Gasteiger partial charge in [0.25, 0.3) is 0 Å². The lowest BCUT2D eigenvalue weighted by atomic mass is 9.92. The first-order valence-corrected chi connectivity index (χ1v) is 20.7. The second-order valence-electron chi connectivity index (χ2n) is 16.1. The van der Waals surface area contributed by atoms with E-state index in [0.717, 1.165) is 33.4 Å². The van der Waals surface area contributed by atoms with Crippen LogP contribution in [0.1, 0.15) is 0 Å². The van der Waals surface area contributed by atoms with E-state index in [0.29, 0.717) is 15.7 Å². The lowest BCUT2D eigenvalue weighted by molar-refractivity contribution is 0.329. The predicted molar refractivity (Wildman–Crippen MR) is 256 cm³/mol. The molecule has 18 N–H and O–H groups in total. The van der Waals surface area contributed by atoms with Crippen LogP contribution in [0.5, 0.6) is 103 Å². The number of nitrogens with zero attached hydrogens (tertiary/aromatic N) is 1. The average Bonchev–Trinajstić information content (AvgIpc) is 3.39. The Bertz CT molecular complexity index is 3380. The standard InChI is InChI=1S/C52H37NO18/c54-35-29(31-39(58)47(66)51(70)48(67)40(31)59)36(55)44(63)33(43(35)62)53(34-45(64)37(56)30(38(57)46(34)65)32-41(60)49(68)52(71)50(69)42(32)61)28-14-13-22-15-23(11-12-24(22)19-28)27-17-25(20-7-3-1-4-8-20)16-26(18-27)21-9-5-2-6-10-21/h1-19,54-71H. The van der Waals surface area contributed by atoms with E-state index >= 15 is 0 Å². The number of hydrogen-bond acceptors (Lipinski definition) is 19. The van der Waals surface area contributed by atoms with Gasteiger partial charge in [-0.05, 0) is 80.6 Å². The van der Waals surface area contributed by atoms with Crippen LogP contribution in [-0.2, 0) is 0 Å². The molecule has 358 valence electrons. The summed E-state index contributed by atoms with van der Waals surface area (Å²) in [6.45, 7) is 0. The van der Waals surface area contributed by atoms with E-state index in [1.54, 1.807) is 12.1 Å². The molecule has 9 aromatic carbocycles. The van der Waals surface area contributed by atoms with Gasteiger partial charge in [0.1, 0.15) is 11.4 Å². The second kappa shape index (κ2) is 16.6. The third-order valence-electron chi connectivity index (χ3n) is 12.0. The first-order valence-electron chi connectivity index (χ1n) is 20.7. The van der Waals surface area contributed by atoms with Crippen molar-refractivity contribution in [3.8, 4) is 159 Å². The fraction of sp³-hybridized carbons (Fsp3) is 0. The fourth-order valence-electron chi connectivity index (χ4n) is 8.42. The first kappa shape index (κ1) is 45.6. The van der Waals surface area contributed by atoms with Gasteiger partial charge < -0.3 is 91.9 Å². The van der Waals surface area contributed by atoms with Crippen LogP contribution in [0.15, 0.2) is 115 Å². The quantitative estimate of drug-likeness (QED) is 0.0498. The summed E-state index contributed by atoms with van der Waals surface area (Å²) in [5.41, 5.74) is -2.57. The molecule has 19 heteroatoms. The van der Waals surface area contributed by atoms with Crippen molar-refractivity contribution >= 4 is 27.8 Å². The highest BCUT2D eigenvalue weighted by Crippen LogP contribution is 2.68. The molecule has 9 rings (SSSR count). The summed E-state index contributed by atoms with van der Waals surface area (Å²) in [6, 6.07) is 34.7. The van der Waals surface area contributed by atoms with Gasteiger partial charge in [0.05, 0.1) is 22.3 Å². The van der Waals surface area contributed by atoms with E-state index in [9.17, 15) is 91.9 Å². The number of benzene rings is 9. The van der Waals surface area contributed by atoms with Crippen molar-refractivity contribution in [3.63, 3.8) is 0 Å². The molecular formula is C52H37NO18. The van der Waals surface area contributed by atoms with Gasteiger partial charge in [-0.25, -0.2) is 0 Å². The molecule has 0 aromatic heterocycles. The van der Waals surface area contributed by atoms with Crippen LogP contribution in [0.2, 0.25) is 0 Å². The van der Waals surface area contributed by atoms with E-state index in [-0.39, 0.29) is 5.69 Å². The van der Waals surface area contributed by atoms with Crippen molar-refractivity contribution in [1.29, 1.82) is 0 Å². The number of hydrogen-bond donors (Lipinski definition) is 18. The molecule has 0 amide bonds. The summed E-state index contributed by atoms with van der Waals surface area (Å²) in [7, 11) is 0. The lowest BCUT2D eigenvalue weighted by Gasteiger charge is -2.30. The predicted octanol–water partition coefficient (Wildman–Crippen LogP) is 9.35. The van der Waals surface area contributed by atoms with Crippen LogP contribution in [0.25, 0.3) is 66.4 Å². The molecule has 0 aliphatic heterocycles. The van der Waals surface area contributed by atoms with Gasteiger partial charge in [-0.2, -0.15) is 0 Å². The van der Waals surface area contributed by atoms with Crippen molar-refractivity contribution < 1.29 is 91.9 Å². The van der Waals surface area contributed by atoms with Crippen LogP contribution in [0, 0.1) is 0 Å². The Kier molecular flexibility index (Phi) is 10.7. The molecule has 0 radical (unpaired) electrons. The first-order chi connectivity index (χ1) is 33.7. The van der Waals surface area contributed by atoms with Crippen molar-refractivity contribution in [2.45, 2.75) is 0 Å². The molecule has 0 saturated carbocycles. The largest absolute Gasteiger partial charge is 0.504 e. The maximum atomic E-state index is 11.8. The molecule has 0 unspecified atom stereocenters. The topological polar surface area (TPSA) is 367 Å². The third-order valence-corrected chi connectivity index (χ3v) is 12.0. The highest BCUT2D eigenvalue weighted by molar-refractivity contribution is 6.04. The third kappa shape index (κ3) is 7.00. The molecule has 0 aliphatic carbocycles. The van der Waals surface area contributed by atoms with E-state index in [4.69, 9.17) is 0 Å². The van der Waals surface area contributed by atoms with Crippen molar-refractivity contribution in [2.24, 2.45) is 0 Å². The van der Waals surface area contributed by atoms with E-state index in [1.807, 2.05) is 78.9 Å². The van der Waals surface area contributed by atoms with Crippen LogP contribution in [0.3, 0.4) is 0 Å². The summed E-state index contributed by atoms with van der Waals surface area (Å²) in [6.07, 6.45) is 0. The minimum absolute atomic E-state index is 0.340. The van der Waals surface area contributed by atoms with Gasteiger partial charge >= 0.3 is 0 Å². The Morgan fingerprint density at radius 3 is 0.845 bits per heavy atom. The molecule has 0 fully saturated rings. The van der Waals surface area contributed by atoms with Gasteiger partial charge in [-0.1, -0.05) is 78.9 Å². The fourth-order valence-corrected chi connectivity index (χ4v) is 8.42. The SMILES string of the molecule is Oc1c(O)c(O)c(-c2c(O)c(O)c(N(c3ccc4cc(-c5cc(-c6ccccc6)cc(-c6ccccc6)c5)ccc4c3)c3c(O)c(O)c(-c4c(O)c(O)c(O)c(O)c4O)c(O)c3O)c(O)c2O)c(O)c1O. The molecule has 0 spiro atoms. The average molecular weight is 964 g/mol. The van der Waals surface area contributed by atoms with Crippen LogP contribution >= 0.6 is 0 Å². The van der Waals surface area contributed by atoms with Crippen LogP contribution in [0.4, 0.5) is 17.1 Å². The Morgan fingerprint density at radius 1 is 0.211 bits per heavy atom. The Hall–Kier alpha value is -10.6. The number of rotatable bonds is 8. The van der Waals surface area contributed by atoms with Gasteiger partial charge in [-0.3, -0.25) is 4.90 Å². The number of phenols is 18. The second-order valence-corrected chi connectivity index (χ2v) is 16.1. The minimum Gasteiger partial charge on any atom is -0.504 e. The maximum Gasteiger partial charge on any atom is 0.208 e. The Balaban J connectivity index is 1.29. The smallest absolute Gasteiger partial charge is 0.208 e.